The number of hydrogen-bond donors (Lipinski definition) is 0. The molecule has 0 aromatic carbocycles. The first-order valence-corrected chi connectivity index (χ1v) is 5.81. The predicted octanol–water partition coefficient (Wildman–Crippen LogP) is 3.78. The van der Waals surface area contributed by atoms with Gasteiger partial charge in [0.1, 0.15) is 5.15 Å². The number of hydrogen-bond acceptors (Lipinski definition) is 1. The minimum absolute atomic E-state index is 0.468. The van der Waals surface area contributed by atoms with E-state index in [9.17, 15) is 0 Å². The maximum atomic E-state index is 6.17. The van der Waals surface area contributed by atoms with E-state index in [1.165, 1.54) is 25.7 Å². The Kier molecular flexibility index (Phi) is 2.82. The topological polar surface area (TPSA) is 17.8 Å². The third kappa shape index (κ3) is 1.81. The van der Waals surface area contributed by atoms with Crippen molar-refractivity contribution in [1.82, 2.24) is 9.78 Å². The Morgan fingerprint density at radius 3 is 2.57 bits per heavy atom. The lowest BCUT2D eigenvalue weighted by Gasteiger charge is -2.10. The summed E-state index contributed by atoms with van der Waals surface area (Å²) in [6, 6.07) is 2.56. The largest absolute Gasteiger partial charge is 0.251 e. The van der Waals surface area contributed by atoms with E-state index in [2.05, 4.69) is 18.9 Å². The van der Waals surface area contributed by atoms with Gasteiger partial charge in [0.2, 0.25) is 0 Å². The Labute approximate surface area is 90.3 Å². The fourth-order valence-electron chi connectivity index (χ4n) is 2.08. The first-order chi connectivity index (χ1) is 6.68. The van der Waals surface area contributed by atoms with Crippen molar-refractivity contribution in [1.29, 1.82) is 0 Å². The summed E-state index contributed by atoms with van der Waals surface area (Å²) in [7, 11) is 0. The highest BCUT2D eigenvalue weighted by molar-refractivity contribution is 6.29. The molecule has 78 valence electrons. The molecule has 2 nitrogen and oxygen atoms in total. The number of aromatic nitrogens is 2. The molecule has 1 heterocycles. The van der Waals surface area contributed by atoms with Gasteiger partial charge in [-0.2, -0.15) is 5.10 Å². The van der Waals surface area contributed by atoms with Crippen LogP contribution in [0, 0.1) is 0 Å². The Balaban J connectivity index is 2.24. The van der Waals surface area contributed by atoms with Gasteiger partial charge in [-0.1, -0.05) is 38.3 Å². The summed E-state index contributed by atoms with van der Waals surface area (Å²) in [6.07, 6.45) is 5.10. The Morgan fingerprint density at radius 1 is 1.43 bits per heavy atom. The fraction of sp³-hybridized carbons (Fsp3) is 0.727. The van der Waals surface area contributed by atoms with Crippen molar-refractivity contribution in [3.63, 3.8) is 0 Å². The lowest BCUT2D eigenvalue weighted by molar-refractivity contribution is 0.461. The molecular weight excluding hydrogens is 196 g/mol. The Morgan fingerprint density at radius 2 is 2.07 bits per heavy atom. The van der Waals surface area contributed by atoms with Crippen molar-refractivity contribution in [3.05, 3.63) is 16.9 Å². The van der Waals surface area contributed by atoms with Gasteiger partial charge in [-0.3, -0.25) is 4.68 Å². The molecule has 1 saturated carbocycles. The van der Waals surface area contributed by atoms with Gasteiger partial charge in [-0.05, 0) is 24.8 Å². The van der Waals surface area contributed by atoms with Crippen LogP contribution in [0.25, 0.3) is 0 Å². The molecule has 0 bridgehead atoms. The fourth-order valence-corrected chi connectivity index (χ4v) is 2.36. The molecule has 0 saturated heterocycles. The first-order valence-electron chi connectivity index (χ1n) is 5.43. The van der Waals surface area contributed by atoms with Gasteiger partial charge < -0.3 is 0 Å². The third-order valence-corrected chi connectivity index (χ3v) is 3.25. The summed E-state index contributed by atoms with van der Waals surface area (Å²) in [6.45, 7) is 4.30. The van der Waals surface area contributed by atoms with Crippen LogP contribution in [0.2, 0.25) is 5.15 Å². The number of nitrogens with zero attached hydrogens (tertiary/aromatic N) is 2. The lowest BCUT2D eigenvalue weighted by Crippen LogP contribution is -2.07. The van der Waals surface area contributed by atoms with Gasteiger partial charge in [-0.25, -0.2) is 0 Å². The van der Waals surface area contributed by atoms with Crippen molar-refractivity contribution >= 4 is 11.6 Å². The molecule has 14 heavy (non-hydrogen) atoms. The van der Waals surface area contributed by atoms with Crippen LogP contribution in [0.4, 0.5) is 0 Å². The Bertz CT molecular complexity index is 311. The van der Waals surface area contributed by atoms with Gasteiger partial charge in [-0.15, -0.1) is 0 Å². The second-order valence-corrected chi connectivity index (χ2v) is 4.82. The summed E-state index contributed by atoms with van der Waals surface area (Å²) in [4.78, 5) is 0. The maximum absolute atomic E-state index is 6.17. The second kappa shape index (κ2) is 3.93. The maximum Gasteiger partial charge on any atom is 0.127 e. The van der Waals surface area contributed by atoms with Crippen LogP contribution in [0.15, 0.2) is 6.07 Å². The van der Waals surface area contributed by atoms with Crippen molar-refractivity contribution in [3.8, 4) is 0 Å². The van der Waals surface area contributed by atoms with E-state index in [4.69, 9.17) is 11.6 Å². The van der Waals surface area contributed by atoms with Gasteiger partial charge in [0.05, 0.1) is 11.7 Å². The Hall–Kier alpha value is -0.500. The quantitative estimate of drug-likeness (QED) is 0.730. The summed E-state index contributed by atoms with van der Waals surface area (Å²) in [5.41, 5.74) is 1.11. The molecule has 0 unspecified atom stereocenters. The molecule has 1 aromatic rings. The summed E-state index contributed by atoms with van der Waals surface area (Å²) >= 11 is 6.17. The molecule has 1 aliphatic carbocycles. The molecule has 0 atom stereocenters. The van der Waals surface area contributed by atoms with Crippen LogP contribution in [0.1, 0.15) is 57.2 Å². The van der Waals surface area contributed by atoms with E-state index in [-0.39, 0.29) is 0 Å². The van der Waals surface area contributed by atoms with Gasteiger partial charge in [0.25, 0.3) is 0 Å². The average molecular weight is 213 g/mol. The molecule has 1 fully saturated rings. The predicted molar refractivity (Wildman–Crippen MR) is 58.8 cm³/mol. The number of rotatable bonds is 2. The van der Waals surface area contributed by atoms with Crippen LogP contribution >= 0.6 is 11.6 Å². The highest BCUT2D eigenvalue weighted by Crippen LogP contribution is 2.32. The smallest absolute Gasteiger partial charge is 0.127 e. The zero-order chi connectivity index (χ0) is 10.1. The van der Waals surface area contributed by atoms with Crippen molar-refractivity contribution in [2.45, 2.75) is 51.5 Å². The van der Waals surface area contributed by atoms with E-state index in [1.54, 1.807) is 0 Å². The molecule has 1 aromatic heterocycles. The van der Waals surface area contributed by atoms with Crippen LogP contribution in [-0.2, 0) is 0 Å². The minimum Gasteiger partial charge on any atom is -0.251 e. The molecule has 0 spiro atoms. The minimum atomic E-state index is 0.468. The summed E-state index contributed by atoms with van der Waals surface area (Å²) in [5.74, 6) is 0.468. The molecule has 3 heteroatoms. The molecule has 0 amide bonds. The SMILES string of the molecule is CC(C)c1cc(Cl)n(C2CCCC2)n1. The molecule has 2 rings (SSSR count). The zero-order valence-electron chi connectivity index (χ0n) is 8.83. The molecular formula is C11H17ClN2. The van der Waals surface area contributed by atoms with Gasteiger partial charge in [0.15, 0.2) is 0 Å². The van der Waals surface area contributed by atoms with Crippen molar-refractivity contribution < 1.29 is 0 Å². The van der Waals surface area contributed by atoms with Gasteiger partial charge >= 0.3 is 0 Å². The zero-order valence-corrected chi connectivity index (χ0v) is 9.59. The normalized spacial score (nSPS) is 18.3. The van der Waals surface area contributed by atoms with Gasteiger partial charge in [0, 0.05) is 0 Å². The van der Waals surface area contributed by atoms with E-state index in [1.807, 2.05) is 10.7 Å². The summed E-state index contributed by atoms with van der Waals surface area (Å²) < 4.78 is 2.02. The van der Waals surface area contributed by atoms with E-state index in [0.717, 1.165) is 10.8 Å². The van der Waals surface area contributed by atoms with E-state index >= 15 is 0 Å². The van der Waals surface area contributed by atoms with Crippen LogP contribution in [0.5, 0.6) is 0 Å². The van der Waals surface area contributed by atoms with Crippen LogP contribution in [-0.4, -0.2) is 9.78 Å². The lowest BCUT2D eigenvalue weighted by atomic mass is 10.1. The monoisotopic (exact) mass is 212 g/mol. The van der Waals surface area contributed by atoms with E-state index in [0.29, 0.717) is 12.0 Å². The molecule has 1 aliphatic rings. The first kappa shape index (κ1) is 10.0. The van der Waals surface area contributed by atoms with Crippen molar-refractivity contribution in [2.24, 2.45) is 0 Å². The van der Waals surface area contributed by atoms with Crippen LogP contribution in [0.3, 0.4) is 0 Å². The highest BCUT2D eigenvalue weighted by atomic mass is 35.5. The van der Waals surface area contributed by atoms with Crippen molar-refractivity contribution in [2.75, 3.05) is 0 Å². The van der Waals surface area contributed by atoms with E-state index < -0.39 is 0 Å². The second-order valence-electron chi connectivity index (χ2n) is 4.43. The molecule has 0 N–H and O–H groups in total. The summed E-state index contributed by atoms with van der Waals surface area (Å²) in [5, 5.41) is 5.38. The average Bonchev–Trinajstić information content (AvgIpc) is 2.71. The number of halogens is 1. The molecule has 0 radical (unpaired) electrons. The van der Waals surface area contributed by atoms with Crippen LogP contribution < -0.4 is 0 Å². The standard InChI is InChI=1S/C11H17ClN2/c1-8(2)10-7-11(12)14(13-10)9-5-3-4-6-9/h7-9H,3-6H2,1-2H3. The third-order valence-electron chi connectivity index (χ3n) is 2.97. The highest BCUT2D eigenvalue weighted by Gasteiger charge is 2.20. The molecule has 0 aliphatic heterocycles.